The summed E-state index contributed by atoms with van der Waals surface area (Å²) in [6.07, 6.45) is 9.39. The van der Waals surface area contributed by atoms with Crippen LogP contribution in [0.1, 0.15) is 30.7 Å². The summed E-state index contributed by atoms with van der Waals surface area (Å²) in [6.45, 7) is 3.39. The lowest BCUT2D eigenvalue weighted by molar-refractivity contribution is 0.315. The average Bonchev–Trinajstić information content (AvgIpc) is 2.90. The molecule has 2 heterocycles. The molecule has 0 saturated heterocycles. The first kappa shape index (κ1) is 14.6. The quantitative estimate of drug-likeness (QED) is 0.651. The maximum Gasteiger partial charge on any atom is 0.188 e. The molecule has 3 rings (SSSR count). The molecular formula is C16H22N6. The van der Waals surface area contributed by atoms with E-state index in [0.717, 1.165) is 29.7 Å². The second kappa shape index (κ2) is 6.60. The predicted molar refractivity (Wildman–Crippen MR) is 86.8 cm³/mol. The summed E-state index contributed by atoms with van der Waals surface area (Å²) in [6, 6.07) is 3.93. The van der Waals surface area contributed by atoms with E-state index in [-0.39, 0.29) is 0 Å². The highest BCUT2D eigenvalue weighted by Gasteiger charge is 2.16. The summed E-state index contributed by atoms with van der Waals surface area (Å²) in [5.41, 5.74) is 6.97. The first-order chi connectivity index (χ1) is 10.7. The molecule has 0 atom stereocenters. The van der Waals surface area contributed by atoms with Crippen LogP contribution in [0.4, 0.5) is 0 Å². The number of rotatable bonds is 5. The van der Waals surface area contributed by atoms with Gasteiger partial charge < -0.3 is 11.1 Å². The Morgan fingerprint density at radius 2 is 2.27 bits per heavy atom. The Kier molecular flexibility index (Phi) is 4.37. The molecule has 6 heteroatoms. The number of guanidine groups is 1. The minimum absolute atomic E-state index is 0.504. The summed E-state index contributed by atoms with van der Waals surface area (Å²) < 4.78 is 1.96. The van der Waals surface area contributed by atoms with Gasteiger partial charge in [0.1, 0.15) is 11.6 Å². The number of hydrogen-bond acceptors (Lipinski definition) is 3. The zero-order chi connectivity index (χ0) is 15.4. The molecule has 6 nitrogen and oxygen atoms in total. The Morgan fingerprint density at radius 3 is 2.95 bits per heavy atom. The van der Waals surface area contributed by atoms with Crippen LogP contribution in [-0.4, -0.2) is 27.0 Å². The van der Waals surface area contributed by atoms with Gasteiger partial charge in [0.05, 0.1) is 6.54 Å². The minimum Gasteiger partial charge on any atom is -0.370 e. The van der Waals surface area contributed by atoms with Crippen LogP contribution in [-0.2, 0) is 6.54 Å². The van der Waals surface area contributed by atoms with Crippen molar-refractivity contribution in [3.05, 3.63) is 42.1 Å². The monoisotopic (exact) mass is 298 g/mol. The van der Waals surface area contributed by atoms with Crippen LogP contribution >= 0.6 is 0 Å². The Balaban J connectivity index is 1.68. The first-order valence-corrected chi connectivity index (χ1v) is 7.72. The van der Waals surface area contributed by atoms with Crippen LogP contribution < -0.4 is 11.1 Å². The van der Waals surface area contributed by atoms with E-state index in [2.05, 4.69) is 20.3 Å². The molecule has 1 aliphatic rings. The van der Waals surface area contributed by atoms with Crippen molar-refractivity contribution in [1.29, 1.82) is 0 Å². The SMILES string of the molecule is Cc1nccn1-c1ncccc1CN=C(N)NCC1CCC1. The van der Waals surface area contributed by atoms with Gasteiger partial charge >= 0.3 is 0 Å². The van der Waals surface area contributed by atoms with E-state index >= 15 is 0 Å². The standard InChI is InChI=1S/C16H22N6/c1-12-18-8-9-22(12)15-14(6-3-7-19-15)11-21-16(17)20-10-13-4-2-5-13/h3,6-9,13H,2,4-5,10-11H2,1H3,(H3,17,20,21). The van der Waals surface area contributed by atoms with Gasteiger partial charge in [0.25, 0.3) is 0 Å². The summed E-state index contributed by atoms with van der Waals surface area (Å²) in [4.78, 5) is 13.1. The van der Waals surface area contributed by atoms with Gasteiger partial charge in [-0.25, -0.2) is 15.0 Å². The molecule has 0 unspecified atom stereocenters. The van der Waals surface area contributed by atoms with Crippen LogP contribution in [0.5, 0.6) is 0 Å². The van der Waals surface area contributed by atoms with Crippen molar-refractivity contribution in [1.82, 2.24) is 19.9 Å². The third-order valence-electron chi connectivity index (χ3n) is 4.14. The minimum atomic E-state index is 0.504. The van der Waals surface area contributed by atoms with Gasteiger partial charge in [0.2, 0.25) is 0 Å². The van der Waals surface area contributed by atoms with Crippen LogP contribution in [0.15, 0.2) is 35.7 Å². The number of aliphatic imine (C=N–C) groups is 1. The maximum atomic E-state index is 5.95. The number of aromatic nitrogens is 3. The molecule has 2 aromatic heterocycles. The fourth-order valence-corrected chi connectivity index (χ4v) is 2.54. The number of aryl methyl sites for hydroxylation is 1. The van der Waals surface area contributed by atoms with Gasteiger partial charge in [-0.05, 0) is 31.7 Å². The Hall–Kier alpha value is -2.37. The van der Waals surface area contributed by atoms with Gasteiger partial charge in [0.15, 0.2) is 5.96 Å². The van der Waals surface area contributed by atoms with Crippen LogP contribution in [0.3, 0.4) is 0 Å². The van der Waals surface area contributed by atoms with Gasteiger partial charge in [-0.15, -0.1) is 0 Å². The maximum absolute atomic E-state index is 5.95. The molecule has 3 N–H and O–H groups in total. The number of nitrogens with two attached hydrogens (primary N) is 1. The number of nitrogens with one attached hydrogen (secondary N) is 1. The Labute approximate surface area is 130 Å². The predicted octanol–water partition coefficient (Wildman–Crippen LogP) is 1.78. The van der Waals surface area contributed by atoms with Crippen molar-refractivity contribution in [3.63, 3.8) is 0 Å². The fraction of sp³-hybridized carbons (Fsp3) is 0.438. The highest BCUT2D eigenvalue weighted by Crippen LogP contribution is 2.25. The molecule has 1 saturated carbocycles. The fourth-order valence-electron chi connectivity index (χ4n) is 2.54. The molecule has 0 aliphatic heterocycles. The van der Waals surface area contributed by atoms with Crippen molar-refractivity contribution >= 4 is 5.96 Å². The summed E-state index contributed by atoms with van der Waals surface area (Å²) in [5, 5.41) is 3.21. The second-order valence-electron chi connectivity index (χ2n) is 5.71. The van der Waals surface area contributed by atoms with Crippen LogP contribution in [0.2, 0.25) is 0 Å². The Bertz CT molecular complexity index is 656. The lowest BCUT2D eigenvalue weighted by Crippen LogP contribution is -2.37. The topological polar surface area (TPSA) is 81.1 Å². The van der Waals surface area contributed by atoms with Crippen molar-refractivity contribution < 1.29 is 0 Å². The molecule has 0 spiro atoms. The van der Waals surface area contributed by atoms with E-state index in [0.29, 0.717) is 12.5 Å². The van der Waals surface area contributed by atoms with E-state index in [1.807, 2.05) is 29.8 Å². The molecule has 1 aliphatic carbocycles. The zero-order valence-corrected chi connectivity index (χ0v) is 12.9. The molecule has 116 valence electrons. The van der Waals surface area contributed by atoms with Crippen molar-refractivity contribution in [2.45, 2.75) is 32.7 Å². The number of hydrogen-bond donors (Lipinski definition) is 2. The van der Waals surface area contributed by atoms with E-state index < -0.39 is 0 Å². The highest BCUT2D eigenvalue weighted by molar-refractivity contribution is 5.77. The third kappa shape index (κ3) is 3.27. The molecule has 0 bridgehead atoms. The smallest absolute Gasteiger partial charge is 0.188 e. The van der Waals surface area contributed by atoms with E-state index in [1.54, 1.807) is 12.4 Å². The van der Waals surface area contributed by atoms with E-state index in [4.69, 9.17) is 5.73 Å². The number of imidazole rings is 1. The third-order valence-corrected chi connectivity index (χ3v) is 4.14. The Morgan fingerprint density at radius 1 is 1.41 bits per heavy atom. The van der Waals surface area contributed by atoms with Gasteiger partial charge in [0, 0.05) is 30.7 Å². The van der Waals surface area contributed by atoms with Gasteiger partial charge in [-0.1, -0.05) is 12.5 Å². The second-order valence-corrected chi connectivity index (χ2v) is 5.71. The van der Waals surface area contributed by atoms with Gasteiger partial charge in [-0.3, -0.25) is 4.57 Å². The first-order valence-electron chi connectivity index (χ1n) is 7.72. The van der Waals surface area contributed by atoms with Gasteiger partial charge in [-0.2, -0.15) is 0 Å². The largest absolute Gasteiger partial charge is 0.370 e. The van der Waals surface area contributed by atoms with Crippen molar-refractivity contribution in [3.8, 4) is 5.82 Å². The zero-order valence-electron chi connectivity index (χ0n) is 12.9. The summed E-state index contributed by atoms with van der Waals surface area (Å²) >= 11 is 0. The van der Waals surface area contributed by atoms with Crippen LogP contribution in [0, 0.1) is 12.8 Å². The molecule has 0 amide bonds. The summed E-state index contributed by atoms with van der Waals surface area (Å²) in [7, 11) is 0. The van der Waals surface area contributed by atoms with Crippen LogP contribution in [0.25, 0.3) is 5.82 Å². The number of nitrogens with zero attached hydrogens (tertiary/aromatic N) is 4. The van der Waals surface area contributed by atoms with Crippen molar-refractivity contribution in [2.24, 2.45) is 16.6 Å². The molecule has 0 aromatic carbocycles. The molecule has 22 heavy (non-hydrogen) atoms. The van der Waals surface area contributed by atoms with Crippen molar-refractivity contribution in [2.75, 3.05) is 6.54 Å². The molecule has 0 radical (unpaired) electrons. The van der Waals surface area contributed by atoms with E-state index in [1.165, 1.54) is 19.3 Å². The molecule has 1 fully saturated rings. The normalized spacial score (nSPS) is 15.6. The molecular weight excluding hydrogens is 276 g/mol. The lowest BCUT2D eigenvalue weighted by atomic mass is 9.85. The summed E-state index contributed by atoms with van der Waals surface area (Å²) in [5.74, 6) is 3.02. The average molecular weight is 298 g/mol. The molecule has 2 aromatic rings. The lowest BCUT2D eigenvalue weighted by Gasteiger charge is -2.25. The number of pyridine rings is 1. The highest BCUT2D eigenvalue weighted by atomic mass is 15.1. The van der Waals surface area contributed by atoms with E-state index in [9.17, 15) is 0 Å².